The molecule has 1 atom stereocenters. The Morgan fingerprint density at radius 3 is 2.53 bits per heavy atom. The predicted molar refractivity (Wildman–Crippen MR) is 76.6 cm³/mol. The minimum Gasteiger partial charge on any atom is -0.336 e. The third-order valence-electron chi connectivity index (χ3n) is 3.81. The summed E-state index contributed by atoms with van der Waals surface area (Å²) in [6.45, 7) is 7.76. The highest BCUT2D eigenvalue weighted by molar-refractivity contribution is 8.01. The minimum atomic E-state index is -0.415. The molecule has 2 aliphatic heterocycles. The maximum Gasteiger partial charge on any atom is 0.240 e. The summed E-state index contributed by atoms with van der Waals surface area (Å²) in [5.74, 6) is 1.48. The van der Waals surface area contributed by atoms with E-state index in [1.165, 1.54) is 0 Å². The molecule has 19 heavy (non-hydrogen) atoms. The molecule has 0 aliphatic carbocycles. The smallest absolute Gasteiger partial charge is 0.240 e. The van der Waals surface area contributed by atoms with Crippen molar-refractivity contribution in [2.75, 3.05) is 25.4 Å². The van der Waals surface area contributed by atoms with Crippen molar-refractivity contribution < 1.29 is 9.59 Å². The summed E-state index contributed by atoms with van der Waals surface area (Å²) in [5.41, 5.74) is 6.01. The van der Waals surface area contributed by atoms with Crippen LogP contribution in [-0.2, 0) is 9.59 Å². The Balaban J connectivity index is 2.00. The molecule has 0 aromatic heterocycles. The highest BCUT2D eigenvalue weighted by atomic mass is 32.2. The van der Waals surface area contributed by atoms with E-state index < -0.39 is 6.04 Å². The maximum absolute atomic E-state index is 12.4. The number of nitrogens with two attached hydrogens (primary N) is 1. The van der Waals surface area contributed by atoms with Gasteiger partial charge in [0.05, 0.1) is 19.1 Å². The quantitative estimate of drug-likeness (QED) is 0.820. The summed E-state index contributed by atoms with van der Waals surface area (Å²) in [6.07, 6.45) is 0.715. The molecule has 108 valence electrons. The number of carbonyl (C=O) groups excluding carboxylic acids is 2. The molecule has 1 spiro atoms. The largest absolute Gasteiger partial charge is 0.336 e. The molecule has 0 radical (unpaired) electrons. The lowest BCUT2D eigenvalue weighted by molar-refractivity contribution is -0.147. The van der Waals surface area contributed by atoms with Crippen molar-refractivity contribution in [3.63, 3.8) is 0 Å². The van der Waals surface area contributed by atoms with E-state index in [2.05, 4.69) is 13.8 Å². The second kappa shape index (κ2) is 5.32. The summed E-state index contributed by atoms with van der Waals surface area (Å²) in [7, 11) is 0. The van der Waals surface area contributed by atoms with Crippen LogP contribution >= 0.6 is 11.8 Å². The lowest BCUT2D eigenvalue weighted by Crippen LogP contribution is -2.69. The Morgan fingerprint density at radius 1 is 1.37 bits per heavy atom. The normalized spacial score (nSPS) is 22.8. The van der Waals surface area contributed by atoms with Gasteiger partial charge < -0.3 is 15.5 Å². The summed E-state index contributed by atoms with van der Waals surface area (Å²) < 4.78 is 0. The zero-order valence-electron chi connectivity index (χ0n) is 11.9. The molecule has 2 heterocycles. The van der Waals surface area contributed by atoms with Crippen molar-refractivity contribution in [2.45, 2.75) is 38.1 Å². The lowest BCUT2D eigenvalue weighted by atomic mass is 10.0. The molecule has 0 unspecified atom stereocenters. The van der Waals surface area contributed by atoms with E-state index >= 15 is 0 Å². The van der Waals surface area contributed by atoms with Gasteiger partial charge >= 0.3 is 0 Å². The first-order valence-corrected chi connectivity index (χ1v) is 7.81. The molecule has 2 N–H and O–H groups in total. The van der Waals surface area contributed by atoms with Crippen LogP contribution in [0.15, 0.2) is 0 Å². The van der Waals surface area contributed by atoms with Gasteiger partial charge in [0.2, 0.25) is 11.8 Å². The predicted octanol–water partition coefficient (Wildman–Crippen LogP) is 0.494. The molecular weight excluding hydrogens is 262 g/mol. The van der Waals surface area contributed by atoms with Crippen molar-refractivity contribution in [3.05, 3.63) is 0 Å². The zero-order chi connectivity index (χ0) is 14.2. The number of amides is 2. The van der Waals surface area contributed by atoms with Gasteiger partial charge in [0, 0.05) is 19.2 Å². The molecule has 2 aliphatic rings. The molecule has 2 saturated heterocycles. The van der Waals surface area contributed by atoms with E-state index in [1.807, 2.05) is 4.90 Å². The number of hydrogen-bond acceptors (Lipinski definition) is 4. The number of rotatable bonds is 3. The highest BCUT2D eigenvalue weighted by Gasteiger charge is 2.54. The van der Waals surface area contributed by atoms with Gasteiger partial charge in [-0.05, 0) is 12.3 Å². The molecule has 2 rings (SSSR count). The van der Waals surface area contributed by atoms with E-state index in [4.69, 9.17) is 5.73 Å². The van der Waals surface area contributed by atoms with E-state index in [9.17, 15) is 9.59 Å². The number of thioether (sulfide) groups is 1. The Labute approximate surface area is 118 Å². The third-order valence-corrected chi connectivity index (χ3v) is 5.21. The molecular formula is C13H23N3O2S. The van der Waals surface area contributed by atoms with Crippen LogP contribution in [0.25, 0.3) is 0 Å². The Hall–Kier alpha value is -0.750. The van der Waals surface area contributed by atoms with Gasteiger partial charge in [-0.2, -0.15) is 0 Å². The van der Waals surface area contributed by atoms with E-state index in [-0.39, 0.29) is 16.7 Å². The van der Waals surface area contributed by atoms with Crippen molar-refractivity contribution in [1.29, 1.82) is 0 Å². The van der Waals surface area contributed by atoms with Crippen molar-refractivity contribution in [1.82, 2.24) is 9.80 Å². The van der Waals surface area contributed by atoms with Crippen LogP contribution in [0.2, 0.25) is 0 Å². The maximum atomic E-state index is 12.4. The molecule has 0 aromatic carbocycles. The Bertz CT molecular complexity index is 380. The van der Waals surface area contributed by atoms with Gasteiger partial charge in [0.25, 0.3) is 0 Å². The van der Waals surface area contributed by atoms with Gasteiger partial charge in [-0.15, -0.1) is 11.8 Å². The average Bonchev–Trinajstić information content (AvgIpc) is 2.68. The summed E-state index contributed by atoms with van der Waals surface area (Å²) in [4.78, 5) is 27.3. The first-order chi connectivity index (χ1) is 8.85. The zero-order valence-corrected chi connectivity index (χ0v) is 12.7. The van der Waals surface area contributed by atoms with E-state index in [1.54, 1.807) is 23.6 Å². The lowest BCUT2D eigenvalue weighted by Gasteiger charge is -2.51. The monoisotopic (exact) mass is 285 g/mol. The fourth-order valence-corrected chi connectivity index (χ4v) is 4.25. The van der Waals surface area contributed by atoms with Crippen LogP contribution in [-0.4, -0.2) is 57.9 Å². The van der Waals surface area contributed by atoms with Crippen LogP contribution in [0.3, 0.4) is 0 Å². The number of hydrogen-bond donors (Lipinski definition) is 1. The molecule has 5 nitrogen and oxygen atoms in total. The van der Waals surface area contributed by atoms with Crippen LogP contribution in [0.5, 0.6) is 0 Å². The van der Waals surface area contributed by atoms with Gasteiger partial charge in [-0.25, -0.2) is 0 Å². The summed E-state index contributed by atoms with van der Waals surface area (Å²) >= 11 is 1.78. The highest BCUT2D eigenvalue weighted by Crippen LogP contribution is 2.43. The molecule has 2 amide bonds. The van der Waals surface area contributed by atoms with Gasteiger partial charge in [0.1, 0.15) is 4.87 Å². The standard InChI is InChI=1S/C13H23N3O2S/c1-9(2)6-11(14)12(18)16-4-5-19-13(16)7-15(8-13)10(3)17/h9,11H,4-8,14H2,1-3H3/t11-/m0/s1. The van der Waals surface area contributed by atoms with Crippen LogP contribution < -0.4 is 5.73 Å². The van der Waals surface area contributed by atoms with Crippen LogP contribution in [0.4, 0.5) is 0 Å². The molecule has 6 heteroatoms. The number of likely N-dealkylation sites (tertiary alicyclic amines) is 1. The SMILES string of the molecule is CC(=O)N1CC2(C1)SCCN2C(=O)[C@@H](N)CC(C)C. The summed E-state index contributed by atoms with van der Waals surface area (Å²) in [5, 5.41) is 0. The average molecular weight is 285 g/mol. The summed E-state index contributed by atoms with van der Waals surface area (Å²) in [6, 6.07) is -0.415. The molecule has 0 saturated carbocycles. The number of carbonyl (C=O) groups is 2. The van der Waals surface area contributed by atoms with E-state index in [0.717, 1.165) is 12.3 Å². The van der Waals surface area contributed by atoms with Gasteiger partial charge in [0.15, 0.2) is 0 Å². The molecule has 2 fully saturated rings. The van der Waals surface area contributed by atoms with Crippen molar-refractivity contribution in [2.24, 2.45) is 11.7 Å². The fourth-order valence-electron chi connectivity index (χ4n) is 2.76. The second-order valence-electron chi connectivity index (χ2n) is 5.90. The van der Waals surface area contributed by atoms with Crippen LogP contribution in [0, 0.1) is 5.92 Å². The van der Waals surface area contributed by atoms with Gasteiger partial charge in [-0.1, -0.05) is 13.8 Å². The number of nitrogens with zero attached hydrogens (tertiary/aromatic N) is 2. The Kier molecular flexibility index (Phi) is 4.11. The van der Waals surface area contributed by atoms with Crippen molar-refractivity contribution in [3.8, 4) is 0 Å². The molecule has 0 aromatic rings. The first-order valence-electron chi connectivity index (χ1n) is 6.82. The first kappa shape index (κ1) is 14.7. The topological polar surface area (TPSA) is 66.6 Å². The van der Waals surface area contributed by atoms with Crippen molar-refractivity contribution >= 4 is 23.6 Å². The minimum absolute atomic E-state index is 0.0434. The Morgan fingerprint density at radius 2 is 2.00 bits per heavy atom. The van der Waals surface area contributed by atoms with Gasteiger partial charge in [-0.3, -0.25) is 9.59 Å². The molecule has 0 bridgehead atoms. The third kappa shape index (κ3) is 2.74. The second-order valence-corrected chi connectivity index (χ2v) is 7.35. The van der Waals surface area contributed by atoms with Crippen LogP contribution in [0.1, 0.15) is 27.2 Å². The fraction of sp³-hybridized carbons (Fsp3) is 0.846. The van der Waals surface area contributed by atoms with E-state index in [0.29, 0.717) is 25.4 Å².